The average Bonchev–Trinajstić information content (AvgIpc) is 3.34. The highest BCUT2D eigenvalue weighted by atomic mass is 35.5. The minimum absolute atomic E-state index is 0.310. The van der Waals surface area contributed by atoms with Gasteiger partial charge in [0, 0.05) is 11.6 Å². The standard InChI is InChI=1S/C21H14Cl2N2O3S/c1-27-13-5-8-16-18(11-13)29-21(24-16)25-19(26)10-7-12-6-9-17(28-12)14-3-2-4-15(22)20(14)23/h2-11H,1H3,(H,24,25,26). The number of nitrogens with zero attached hydrogens (tertiary/aromatic N) is 1. The second-order valence-electron chi connectivity index (χ2n) is 5.98. The number of hydrogen-bond acceptors (Lipinski definition) is 5. The first kappa shape index (κ1) is 19.5. The largest absolute Gasteiger partial charge is 0.497 e. The number of carbonyl (C=O) groups excluding carboxylic acids is 1. The molecule has 2 aromatic heterocycles. The summed E-state index contributed by atoms with van der Waals surface area (Å²) >= 11 is 13.6. The van der Waals surface area contributed by atoms with Gasteiger partial charge in [0.05, 0.1) is 27.4 Å². The summed E-state index contributed by atoms with van der Waals surface area (Å²) in [5, 5.41) is 4.13. The van der Waals surface area contributed by atoms with E-state index in [4.69, 9.17) is 32.4 Å². The Balaban J connectivity index is 1.46. The number of methoxy groups -OCH3 is 1. The molecule has 0 aliphatic rings. The highest BCUT2D eigenvalue weighted by Crippen LogP contribution is 2.34. The Morgan fingerprint density at radius 3 is 2.90 bits per heavy atom. The molecule has 0 radical (unpaired) electrons. The highest BCUT2D eigenvalue weighted by Gasteiger charge is 2.11. The first-order valence-corrected chi connectivity index (χ1v) is 10.1. The lowest BCUT2D eigenvalue weighted by molar-refractivity contribution is -0.111. The van der Waals surface area contributed by atoms with Crippen LogP contribution in [0.25, 0.3) is 27.6 Å². The monoisotopic (exact) mass is 444 g/mol. The van der Waals surface area contributed by atoms with Crippen LogP contribution in [-0.4, -0.2) is 18.0 Å². The molecular weight excluding hydrogens is 431 g/mol. The van der Waals surface area contributed by atoms with Gasteiger partial charge in [0.25, 0.3) is 0 Å². The summed E-state index contributed by atoms with van der Waals surface area (Å²) in [4.78, 5) is 16.6. The van der Waals surface area contributed by atoms with Gasteiger partial charge in [0.15, 0.2) is 5.13 Å². The number of rotatable bonds is 5. The molecular formula is C21H14Cl2N2O3S. The van der Waals surface area contributed by atoms with Crippen molar-refractivity contribution in [3.63, 3.8) is 0 Å². The fourth-order valence-electron chi connectivity index (χ4n) is 2.67. The quantitative estimate of drug-likeness (QED) is 0.355. The van der Waals surface area contributed by atoms with E-state index in [9.17, 15) is 4.79 Å². The first-order valence-electron chi connectivity index (χ1n) is 8.51. The third-order valence-electron chi connectivity index (χ3n) is 4.07. The number of halogens is 2. The van der Waals surface area contributed by atoms with Crippen LogP contribution < -0.4 is 10.1 Å². The molecule has 0 aliphatic carbocycles. The third-order valence-corrected chi connectivity index (χ3v) is 5.82. The van der Waals surface area contributed by atoms with Crippen LogP contribution in [0.5, 0.6) is 5.75 Å². The lowest BCUT2D eigenvalue weighted by atomic mass is 10.2. The van der Waals surface area contributed by atoms with Gasteiger partial charge in [-0.25, -0.2) is 4.98 Å². The number of benzene rings is 2. The summed E-state index contributed by atoms with van der Waals surface area (Å²) in [6.45, 7) is 0. The molecule has 4 aromatic rings. The summed E-state index contributed by atoms with van der Waals surface area (Å²) in [5.41, 5.74) is 1.48. The molecule has 1 N–H and O–H groups in total. The third kappa shape index (κ3) is 4.29. The fraction of sp³-hybridized carbons (Fsp3) is 0.0476. The first-order chi connectivity index (χ1) is 14.0. The minimum atomic E-state index is -0.310. The number of carbonyl (C=O) groups is 1. The van der Waals surface area contributed by atoms with Crippen molar-refractivity contribution in [1.82, 2.24) is 4.98 Å². The van der Waals surface area contributed by atoms with Gasteiger partial charge in [-0.2, -0.15) is 0 Å². The van der Waals surface area contributed by atoms with E-state index in [0.29, 0.717) is 32.3 Å². The molecule has 0 saturated carbocycles. The van der Waals surface area contributed by atoms with E-state index in [2.05, 4.69) is 10.3 Å². The van der Waals surface area contributed by atoms with Crippen LogP contribution in [0, 0.1) is 0 Å². The Labute approximate surface area is 180 Å². The van der Waals surface area contributed by atoms with E-state index in [1.54, 1.807) is 37.5 Å². The summed E-state index contributed by atoms with van der Waals surface area (Å²) in [7, 11) is 1.61. The Bertz CT molecular complexity index is 1230. The molecule has 2 aromatic carbocycles. The van der Waals surface area contributed by atoms with Gasteiger partial charge in [-0.1, -0.05) is 40.6 Å². The van der Waals surface area contributed by atoms with Gasteiger partial charge in [-0.15, -0.1) is 0 Å². The molecule has 0 saturated heterocycles. The normalized spacial score (nSPS) is 11.3. The SMILES string of the molecule is COc1ccc2nc(NC(=O)C=Cc3ccc(-c4cccc(Cl)c4Cl)o3)sc2c1. The van der Waals surface area contributed by atoms with Crippen LogP contribution in [0.2, 0.25) is 10.0 Å². The summed E-state index contributed by atoms with van der Waals surface area (Å²) < 4.78 is 11.9. The number of thiazole rings is 1. The van der Waals surface area contributed by atoms with Crippen LogP contribution in [-0.2, 0) is 4.79 Å². The molecule has 0 aliphatic heterocycles. The fourth-order valence-corrected chi connectivity index (χ4v) is 3.96. The van der Waals surface area contributed by atoms with Crippen molar-refractivity contribution in [3.8, 4) is 17.1 Å². The van der Waals surface area contributed by atoms with E-state index in [-0.39, 0.29) is 5.91 Å². The molecule has 0 atom stereocenters. The lowest BCUT2D eigenvalue weighted by Gasteiger charge is -2.01. The number of anilines is 1. The zero-order valence-corrected chi connectivity index (χ0v) is 17.4. The van der Waals surface area contributed by atoms with Crippen molar-refractivity contribution in [2.45, 2.75) is 0 Å². The van der Waals surface area contributed by atoms with Crippen molar-refractivity contribution in [1.29, 1.82) is 0 Å². The van der Waals surface area contributed by atoms with Crippen LogP contribution in [0.3, 0.4) is 0 Å². The van der Waals surface area contributed by atoms with Gasteiger partial charge in [-0.05, 0) is 48.5 Å². The van der Waals surface area contributed by atoms with Crippen molar-refractivity contribution in [3.05, 3.63) is 70.4 Å². The van der Waals surface area contributed by atoms with E-state index < -0.39 is 0 Å². The number of nitrogens with one attached hydrogen (secondary N) is 1. The van der Waals surface area contributed by atoms with Crippen LogP contribution in [0.1, 0.15) is 5.76 Å². The van der Waals surface area contributed by atoms with E-state index in [1.165, 1.54) is 17.4 Å². The molecule has 0 bridgehead atoms. The predicted octanol–water partition coefficient (Wildman–Crippen LogP) is 6.52. The minimum Gasteiger partial charge on any atom is -0.497 e. The molecule has 2 heterocycles. The molecule has 4 rings (SSSR count). The van der Waals surface area contributed by atoms with Gasteiger partial charge in [0.1, 0.15) is 17.3 Å². The van der Waals surface area contributed by atoms with E-state index in [1.807, 2.05) is 24.3 Å². The van der Waals surface area contributed by atoms with E-state index in [0.717, 1.165) is 16.0 Å². The van der Waals surface area contributed by atoms with Crippen LogP contribution in [0.15, 0.2) is 59.0 Å². The Morgan fingerprint density at radius 2 is 2.07 bits per heavy atom. The maximum atomic E-state index is 12.2. The van der Waals surface area contributed by atoms with Crippen molar-refractivity contribution >= 4 is 61.9 Å². The molecule has 5 nitrogen and oxygen atoms in total. The topological polar surface area (TPSA) is 64.4 Å². The molecule has 1 amide bonds. The van der Waals surface area contributed by atoms with E-state index >= 15 is 0 Å². The smallest absolute Gasteiger partial charge is 0.250 e. The molecule has 8 heteroatoms. The maximum absolute atomic E-state index is 12.2. The predicted molar refractivity (Wildman–Crippen MR) is 118 cm³/mol. The number of fused-ring (bicyclic) bond motifs is 1. The van der Waals surface area contributed by atoms with Gasteiger partial charge < -0.3 is 9.15 Å². The lowest BCUT2D eigenvalue weighted by Crippen LogP contribution is -2.07. The number of furan rings is 1. The van der Waals surface area contributed by atoms with Crippen LogP contribution >= 0.6 is 34.5 Å². The van der Waals surface area contributed by atoms with Gasteiger partial charge in [0.2, 0.25) is 5.91 Å². The molecule has 0 fully saturated rings. The molecule has 29 heavy (non-hydrogen) atoms. The average molecular weight is 445 g/mol. The number of hydrogen-bond donors (Lipinski definition) is 1. The van der Waals surface area contributed by atoms with Crippen molar-refractivity contribution < 1.29 is 13.9 Å². The molecule has 0 spiro atoms. The summed E-state index contributed by atoms with van der Waals surface area (Å²) in [6, 6.07) is 14.4. The Hall–Kier alpha value is -2.80. The maximum Gasteiger partial charge on any atom is 0.250 e. The summed E-state index contributed by atoms with van der Waals surface area (Å²) in [5.74, 6) is 1.51. The van der Waals surface area contributed by atoms with Crippen LogP contribution in [0.4, 0.5) is 5.13 Å². The number of aromatic nitrogens is 1. The van der Waals surface area contributed by atoms with Crippen molar-refractivity contribution in [2.75, 3.05) is 12.4 Å². The zero-order valence-electron chi connectivity index (χ0n) is 15.1. The molecule has 146 valence electrons. The number of ether oxygens (including phenoxy) is 1. The van der Waals surface area contributed by atoms with Gasteiger partial charge >= 0.3 is 0 Å². The Morgan fingerprint density at radius 1 is 1.21 bits per heavy atom. The zero-order chi connectivity index (χ0) is 20.4. The second-order valence-corrected chi connectivity index (χ2v) is 7.79. The summed E-state index contributed by atoms with van der Waals surface area (Å²) in [6.07, 6.45) is 2.96. The number of amides is 1. The molecule has 0 unspecified atom stereocenters. The van der Waals surface area contributed by atoms with Gasteiger partial charge in [-0.3, -0.25) is 10.1 Å². The Kier molecular flexibility index (Phi) is 5.58. The highest BCUT2D eigenvalue weighted by molar-refractivity contribution is 7.22. The second kappa shape index (κ2) is 8.29. The van der Waals surface area contributed by atoms with Crippen molar-refractivity contribution in [2.24, 2.45) is 0 Å².